The van der Waals surface area contributed by atoms with E-state index in [1.54, 1.807) is 30.3 Å². The third-order valence-corrected chi connectivity index (χ3v) is 6.21. The summed E-state index contributed by atoms with van der Waals surface area (Å²) in [7, 11) is -3.37. The van der Waals surface area contributed by atoms with Gasteiger partial charge in [-0.3, -0.25) is 4.99 Å². The van der Waals surface area contributed by atoms with Crippen LogP contribution in [0.1, 0.15) is 39.3 Å². The Labute approximate surface area is 208 Å². The van der Waals surface area contributed by atoms with Crippen molar-refractivity contribution in [2.24, 2.45) is 4.99 Å². The molecule has 0 fully saturated rings. The summed E-state index contributed by atoms with van der Waals surface area (Å²) in [5, 5.41) is 6.50. The summed E-state index contributed by atoms with van der Waals surface area (Å²) in [4.78, 5) is 4.77. The molecule has 2 aromatic carbocycles. The Morgan fingerprint density at radius 1 is 1.00 bits per heavy atom. The van der Waals surface area contributed by atoms with Crippen LogP contribution in [0.3, 0.4) is 0 Å². The quantitative estimate of drug-likeness (QED) is 0.237. The molecule has 0 heterocycles. The molecule has 32 heavy (non-hydrogen) atoms. The highest BCUT2D eigenvalue weighted by molar-refractivity contribution is 14.0. The van der Waals surface area contributed by atoms with Crippen LogP contribution in [0.4, 0.5) is 0 Å². The first-order chi connectivity index (χ1) is 14.9. The molecule has 9 heteroatoms. The fourth-order valence-electron chi connectivity index (χ4n) is 2.97. The molecule has 0 radical (unpaired) electrons. The summed E-state index contributed by atoms with van der Waals surface area (Å²) < 4.78 is 36.3. The second-order valence-corrected chi connectivity index (χ2v) is 8.94. The van der Waals surface area contributed by atoms with E-state index in [2.05, 4.69) is 15.6 Å². The van der Waals surface area contributed by atoms with Crippen LogP contribution in [0.25, 0.3) is 0 Å². The summed E-state index contributed by atoms with van der Waals surface area (Å²) in [6.45, 7) is 9.78. The number of nitrogens with zero attached hydrogens (tertiary/aromatic N) is 1. The summed E-state index contributed by atoms with van der Waals surface area (Å²) in [5.41, 5.74) is 1.01. The maximum atomic E-state index is 12.5. The van der Waals surface area contributed by atoms with Crippen molar-refractivity contribution in [2.45, 2.75) is 38.6 Å². The Kier molecular flexibility index (Phi) is 12.4. The smallest absolute Gasteiger partial charge is 0.191 e. The molecule has 0 saturated carbocycles. The fraction of sp³-hybridized carbons (Fsp3) is 0.435. The van der Waals surface area contributed by atoms with Crippen LogP contribution >= 0.6 is 24.0 Å². The second-order valence-electron chi connectivity index (χ2n) is 6.83. The van der Waals surface area contributed by atoms with Gasteiger partial charge < -0.3 is 20.1 Å². The molecule has 1 atom stereocenters. The lowest BCUT2D eigenvalue weighted by atomic mass is 10.1. The Hall–Kier alpha value is -2.01. The number of hydrogen-bond acceptors (Lipinski definition) is 5. The van der Waals surface area contributed by atoms with Gasteiger partial charge in [0.05, 0.1) is 36.4 Å². The standard InChI is InChI=1S/C23H33N3O4S.HI/c1-5-24-23(25-15-16-31(27,28)20-11-9-8-10-12-20)26-18(4)19-13-14-21(29-6-2)22(17-19)30-7-3;/h8-14,17-18H,5-7,15-16H2,1-4H3,(H2,24,25,26);1H. The van der Waals surface area contributed by atoms with Crippen molar-refractivity contribution in [1.82, 2.24) is 10.6 Å². The molecule has 7 nitrogen and oxygen atoms in total. The van der Waals surface area contributed by atoms with Gasteiger partial charge in [0.2, 0.25) is 0 Å². The number of aliphatic imine (C=N–C) groups is 1. The average Bonchev–Trinajstić information content (AvgIpc) is 2.76. The predicted octanol–water partition coefficient (Wildman–Crippen LogP) is 4.19. The minimum absolute atomic E-state index is 0. The monoisotopic (exact) mass is 575 g/mol. The Morgan fingerprint density at radius 3 is 2.28 bits per heavy atom. The molecule has 0 spiro atoms. The lowest BCUT2D eigenvalue weighted by Gasteiger charge is -2.20. The van der Waals surface area contributed by atoms with Gasteiger partial charge in [-0.05, 0) is 57.5 Å². The van der Waals surface area contributed by atoms with E-state index in [1.165, 1.54) is 0 Å². The fourth-order valence-corrected chi connectivity index (χ4v) is 4.11. The molecule has 0 amide bonds. The van der Waals surface area contributed by atoms with Crippen molar-refractivity contribution in [3.05, 3.63) is 54.1 Å². The summed E-state index contributed by atoms with van der Waals surface area (Å²) in [6, 6.07) is 14.2. The van der Waals surface area contributed by atoms with E-state index in [1.807, 2.05) is 45.9 Å². The van der Waals surface area contributed by atoms with Gasteiger partial charge in [0.15, 0.2) is 27.3 Å². The summed E-state index contributed by atoms with van der Waals surface area (Å²) in [6.07, 6.45) is 0. The molecular formula is C23H34IN3O4S. The minimum atomic E-state index is -3.37. The van der Waals surface area contributed by atoms with Crippen molar-refractivity contribution in [3.63, 3.8) is 0 Å². The van der Waals surface area contributed by atoms with E-state index < -0.39 is 9.84 Å². The normalized spacial score (nSPS) is 12.4. The van der Waals surface area contributed by atoms with Crippen molar-refractivity contribution < 1.29 is 17.9 Å². The van der Waals surface area contributed by atoms with E-state index in [9.17, 15) is 8.42 Å². The number of halogens is 1. The highest BCUT2D eigenvalue weighted by Gasteiger charge is 2.15. The van der Waals surface area contributed by atoms with Crippen molar-refractivity contribution in [3.8, 4) is 11.5 Å². The Bertz CT molecular complexity index is 953. The average molecular weight is 576 g/mol. The van der Waals surface area contributed by atoms with E-state index in [4.69, 9.17) is 9.47 Å². The van der Waals surface area contributed by atoms with Crippen LogP contribution in [0.5, 0.6) is 11.5 Å². The molecule has 1 unspecified atom stereocenters. The van der Waals surface area contributed by atoms with Gasteiger partial charge >= 0.3 is 0 Å². The van der Waals surface area contributed by atoms with E-state index in [0.717, 1.165) is 5.56 Å². The maximum absolute atomic E-state index is 12.5. The third kappa shape index (κ3) is 8.50. The molecule has 0 bridgehead atoms. The molecular weight excluding hydrogens is 541 g/mol. The zero-order valence-electron chi connectivity index (χ0n) is 19.1. The van der Waals surface area contributed by atoms with E-state index >= 15 is 0 Å². The van der Waals surface area contributed by atoms with Crippen LogP contribution < -0.4 is 20.1 Å². The van der Waals surface area contributed by atoms with Gasteiger partial charge in [0.1, 0.15) is 0 Å². The van der Waals surface area contributed by atoms with E-state index in [-0.39, 0.29) is 42.3 Å². The number of ether oxygens (including phenoxy) is 2. The first-order valence-corrected chi connectivity index (χ1v) is 12.3. The van der Waals surface area contributed by atoms with Crippen molar-refractivity contribution in [1.29, 1.82) is 0 Å². The number of benzene rings is 2. The van der Waals surface area contributed by atoms with Gasteiger partial charge in [-0.1, -0.05) is 24.3 Å². The Morgan fingerprint density at radius 2 is 1.66 bits per heavy atom. The molecule has 2 rings (SSSR count). The second kappa shape index (κ2) is 14.2. The first kappa shape index (κ1) is 28.0. The van der Waals surface area contributed by atoms with Crippen molar-refractivity contribution in [2.75, 3.05) is 32.1 Å². The lowest BCUT2D eigenvalue weighted by Crippen LogP contribution is -2.39. The van der Waals surface area contributed by atoms with E-state index in [0.29, 0.717) is 42.1 Å². The maximum Gasteiger partial charge on any atom is 0.191 e. The molecule has 0 aromatic heterocycles. The molecule has 2 N–H and O–H groups in total. The summed E-state index contributed by atoms with van der Waals surface area (Å²) >= 11 is 0. The Balaban J connectivity index is 0.00000512. The molecule has 0 aliphatic rings. The summed E-state index contributed by atoms with van der Waals surface area (Å²) in [5.74, 6) is 1.92. The van der Waals surface area contributed by atoms with Gasteiger partial charge in [-0.2, -0.15) is 0 Å². The van der Waals surface area contributed by atoms with Crippen LogP contribution in [0, 0.1) is 0 Å². The minimum Gasteiger partial charge on any atom is -0.490 e. The number of rotatable bonds is 11. The van der Waals surface area contributed by atoms with Crippen LogP contribution in [0.15, 0.2) is 58.4 Å². The largest absolute Gasteiger partial charge is 0.490 e. The number of guanidine groups is 1. The molecule has 178 valence electrons. The van der Waals surface area contributed by atoms with Crippen LogP contribution in [-0.4, -0.2) is 46.4 Å². The molecule has 0 aliphatic heterocycles. The number of hydrogen-bond donors (Lipinski definition) is 2. The molecule has 0 saturated heterocycles. The van der Waals surface area contributed by atoms with Crippen LogP contribution in [-0.2, 0) is 9.84 Å². The van der Waals surface area contributed by atoms with Gasteiger partial charge in [0, 0.05) is 6.54 Å². The topological polar surface area (TPSA) is 89.0 Å². The van der Waals surface area contributed by atoms with Crippen molar-refractivity contribution >= 4 is 39.8 Å². The lowest BCUT2D eigenvalue weighted by molar-refractivity contribution is 0.287. The number of sulfone groups is 1. The third-order valence-electron chi connectivity index (χ3n) is 4.50. The zero-order chi connectivity index (χ0) is 22.7. The highest BCUT2D eigenvalue weighted by Crippen LogP contribution is 2.30. The van der Waals surface area contributed by atoms with Crippen LogP contribution in [0.2, 0.25) is 0 Å². The molecule has 2 aromatic rings. The highest BCUT2D eigenvalue weighted by atomic mass is 127. The molecule has 0 aliphatic carbocycles. The van der Waals surface area contributed by atoms with Gasteiger partial charge in [0.25, 0.3) is 0 Å². The first-order valence-electron chi connectivity index (χ1n) is 10.6. The number of nitrogens with one attached hydrogen (secondary N) is 2. The zero-order valence-corrected chi connectivity index (χ0v) is 22.3. The predicted molar refractivity (Wildman–Crippen MR) is 140 cm³/mol. The van der Waals surface area contributed by atoms with Gasteiger partial charge in [-0.15, -0.1) is 24.0 Å². The van der Waals surface area contributed by atoms with Gasteiger partial charge in [-0.25, -0.2) is 8.42 Å². The SMILES string of the molecule is CCNC(=NCCS(=O)(=O)c1ccccc1)NC(C)c1ccc(OCC)c(OCC)c1.I.